The van der Waals surface area contributed by atoms with Gasteiger partial charge in [-0.05, 0) is 129 Å². The minimum Gasteiger partial charge on any atom is -0.550 e. The van der Waals surface area contributed by atoms with Crippen molar-refractivity contribution >= 4 is 181 Å². The van der Waals surface area contributed by atoms with Gasteiger partial charge >= 0.3 is 96.9 Å². The summed E-state index contributed by atoms with van der Waals surface area (Å²) >= 11 is 0. The molecule has 2 aliphatic rings. The Balaban J connectivity index is 0. The first-order valence-corrected chi connectivity index (χ1v) is 31.5. The smallest absolute Gasteiger partial charge is 0.550 e. The molecule has 5 rings (SSSR count). The van der Waals surface area contributed by atoms with Gasteiger partial charge in [-0.2, -0.15) is 0 Å². The number of aliphatic carboxylic acids is 9. The number of amides is 4. The molecule has 0 atom stereocenters. The van der Waals surface area contributed by atoms with Gasteiger partial charge in [0.25, 0.3) is 11.8 Å². The molecule has 0 saturated carbocycles. The number of hydrogen-bond donors (Lipinski definition) is 6. The van der Waals surface area contributed by atoms with Gasteiger partial charge in [-0.25, -0.2) is 9.97 Å². The molecule has 0 aliphatic carbocycles. The second-order valence-corrected chi connectivity index (χ2v) is 23.4. The van der Waals surface area contributed by atoms with E-state index in [1.807, 2.05) is 46.8 Å². The number of hydrazine groups is 2. The third-order valence-corrected chi connectivity index (χ3v) is 15.9. The van der Waals surface area contributed by atoms with Crippen LogP contribution in [0.5, 0.6) is 0 Å². The Morgan fingerprint density at radius 1 is 0.362 bits per heavy atom. The zero-order valence-electron chi connectivity index (χ0n) is 59.4. The van der Waals surface area contributed by atoms with E-state index in [1.165, 1.54) is 9.80 Å². The molecule has 105 heavy (non-hydrogen) atoms. The van der Waals surface area contributed by atoms with Crippen molar-refractivity contribution in [2.75, 3.05) is 118 Å². The van der Waals surface area contributed by atoms with Crippen LogP contribution < -0.4 is 67.7 Å². The number of hydrogen-bond acceptors (Lipinski definition) is 30. The zero-order chi connectivity index (χ0) is 74.7. The number of H-pyrrole nitrogens is 2. The number of carbonyl (C=O) groups excluding carboxylic acids is 13. The molecule has 5 heterocycles. The molecule has 562 valence electrons. The summed E-state index contributed by atoms with van der Waals surface area (Å²) in [5, 5.41) is 100. The SMILES string of the molecule is CC(=O)[O-].CCc1c(C)c2cc3[nH]c(cc4nc(cc5nc(cc1[nH]2)C(C)=C5CCC(=O)NNC(=O)CN(CCN(CCN(CC(=O)[O-])CC(=O)[O-])CC(=O)[O-])CC(=O)[O-])C(CCC(=O)NNC(=O)CN(CCN(CCN(CC(=O)[O-])CC(=O)[O-])CC(=O)[O-])CC(=O)[O-])=C4C)c(C)c3CC.[Gd+3].[Gd+3].[Mn+3].[Na].[Na]. The van der Waals surface area contributed by atoms with Crippen LogP contribution in [-0.2, 0) is 92.2 Å². The minimum atomic E-state index is -1.61. The van der Waals surface area contributed by atoms with Crippen molar-refractivity contribution in [3.63, 3.8) is 0 Å². The molecule has 4 amide bonds. The molecule has 6 N–H and O–H groups in total. The molecular weight excluding hydrogens is 1730 g/mol. The summed E-state index contributed by atoms with van der Waals surface area (Å²) in [7, 11) is 0. The molecule has 2 aliphatic heterocycles. The molecule has 4 radical (unpaired) electrons. The Kier molecular flexibility index (Phi) is 49.5. The average Bonchev–Trinajstić information content (AvgIpc) is 1.62. The van der Waals surface area contributed by atoms with Crippen molar-refractivity contribution in [3.8, 4) is 0 Å². The number of aromatic nitrogens is 4. The van der Waals surface area contributed by atoms with Gasteiger partial charge in [0.1, 0.15) is 0 Å². The van der Waals surface area contributed by atoms with Crippen LogP contribution in [-0.4, -0.2) is 304 Å². The monoisotopic (exact) mass is 1810 g/mol. The number of carbonyl (C=O) groups is 13. The normalized spacial score (nSPS) is 11.5. The topological polar surface area (TPSA) is 554 Å². The zero-order valence-corrected chi connectivity index (χ0v) is 69.1. The Morgan fingerprint density at radius 3 is 0.886 bits per heavy atom. The van der Waals surface area contributed by atoms with Crippen LogP contribution in [0, 0.1) is 93.7 Å². The van der Waals surface area contributed by atoms with E-state index >= 15 is 0 Å². The van der Waals surface area contributed by atoms with Crippen molar-refractivity contribution in [2.24, 2.45) is 0 Å². The van der Waals surface area contributed by atoms with Crippen LogP contribution in [0.2, 0.25) is 0 Å². The van der Waals surface area contributed by atoms with Gasteiger partial charge in [-0.3, -0.25) is 70.3 Å². The minimum absolute atomic E-state index is 0. The van der Waals surface area contributed by atoms with E-state index in [-0.39, 0.29) is 234 Å². The van der Waals surface area contributed by atoms with Gasteiger partial charge in [0.05, 0.1) is 83.6 Å². The van der Waals surface area contributed by atoms with Crippen LogP contribution in [0.3, 0.4) is 0 Å². The molecule has 0 unspecified atom stereocenters. The quantitative estimate of drug-likeness (QED) is 0.0227. The van der Waals surface area contributed by atoms with Crippen molar-refractivity contribution in [1.82, 2.24) is 71.0 Å². The van der Waals surface area contributed by atoms with Crippen molar-refractivity contribution < 1.29 is 205 Å². The molecule has 0 fully saturated rings. The maximum absolute atomic E-state index is 13.6. The fourth-order valence-electron chi connectivity index (χ4n) is 11.1. The third kappa shape index (κ3) is 36.6. The summed E-state index contributed by atoms with van der Waals surface area (Å²) in [5.74, 6) is -17.0. The van der Waals surface area contributed by atoms with Crippen LogP contribution in [0.15, 0.2) is 24.3 Å². The standard InChI is InChI=1S/C62H84N14O20.C2H4O2.2Gd.Mn.2Na/c1-7-39-35(3)43-21-44-37(5)41(9-11-51(77)67-69-53(79)25-73(29-57(85)86)17-13-71(27-55(81)82)15-19-75(31-59(89)90)32-60(91)92)49(65-44)24-50-42(38(6)46(66-50)23-48-40(8-2)36(4)45(64-48)22-47(39)63-43)10-12-52(78)68-70-54(80)26-74(30-58(87)88)18-14-72(28-56(83)84)16-20-76(33-61(93)94)34-62(95)96;1-2(3)4;;;;;/h21-24,63-64H,7-20,25-34H2,1-6H3,(H,67,77)(H,68,78)(H,69,79)(H,70,80)(H,81,82)(H,83,84)(H,85,86)(H,87,88)(H,89,90)(H,91,92)(H,93,94)(H,95,96);1H3,(H,3,4);;;;;/q;;3*+3;;/p-9. The molecule has 8 bridgehead atoms. The van der Waals surface area contributed by atoms with Gasteiger partial charge in [0.2, 0.25) is 11.8 Å². The number of carboxylic acids is 9. The second kappa shape index (κ2) is 51.1. The first kappa shape index (κ1) is 102. The Morgan fingerprint density at radius 2 is 0.600 bits per heavy atom. The number of rotatable bonds is 40. The van der Waals surface area contributed by atoms with Crippen LogP contribution in [0.1, 0.15) is 105 Å². The van der Waals surface area contributed by atoms with E-state index in [1.54, 1.807) is 6.07 Å². The number of allylic oxidation sites excluding steroid dienone is 4. The molecule has 36 nitrogen and oxygen atoms in total. The predicted molar refractivity (Wildman–Crippen MR) is 346 cm³/mol. The molecule has 0 saturated heterocycles. The summed E-state index contributed by atoms with van der Waals surface area (Å²) in [4.78, 5) is 178. The fourth-order valence-corrected chi connectivity index (χ4v) is 11.1. The van der Waals surface area contributed by atoms with E-state index in [2.05, 4.69) is 44.7 Å². The van der Waals surface area contributed by atoms with E-state index in [0.717, 1.165) is 70.8 Å². The molecule has 0 spiro atoms. The Hall–Kier alpha value is -5.36. The van der Waals surface area contributed by atoms with Crippen molar-refractivity contribution in [2.45, 2.75) is 87.0 Å². The van der Waals surface area contributed by atoms with Crippen LogP contribution >= 0.6 is 0 Å². The summed E-state index contributed by atoms with van der Waals surface area (Å²) in [5.41, 5.74) is 21.0. The van der Waals surface area contributed by atoms with Gasteiger partial charge < -0.3 is 99.1 Å². The molecule has 0 aromatic carbocycles. The number of carboxylic acid groups (broad SMARTS) is 9. The van der Waals surface area contributed by atoms with E-state index in [9.17, 15) is 98.4 Å². The second-order valence-electron chi connectivity index (χ2n) is 23.4. The van der Waals surface area contributed by atoms with Crippen LogP contribution in [0.25, 0.3) is 44.4 Å². The summed E-state index contributed by atoms with van der Waals surface area (Å²) in [6, 6.07) is 7.58. The Bertz CT molecular complexity index is 3800. The molecule has 3 aromatic rings. The van der Waals surface area contributed by atoms with E-state index in [0.29, 0.717) is 57.9 Å². The molecule has 41 heteroatoms. The van der Waals surface area contributed by atoms with E-state index < -0.39 is 143 Å². The van der Waals surface area contributed by atoms with Crippen molar-refractivity contribution in [1.29, 1.82) is 0 Å². The number of aromatic amines is 2. The maximum atomic E-state index is 13.6. The molecule has 3 aromatic heterocycles. The number of nitrogens with zero attached hydrogens (tertiary/aromatic N) is 8. The summed E-state index contributed by atoms with van der Waals surface area (Å²) < 4.78 is 0. The summed E-state index contributed by atoms with van der Waals surface area (Å²) in [6.45, 7) is 3.02. The van der Waals surface area contributed by atoms with Gasteiger partial charge in [0, 0.05) is 205 Å². The average molecular weight is 1810 g/mol. The number of aryl methyl sites for hydroxylation is 4. The maximum Gasteiger partial charge on any atom is 3.00 e. The number of nitrogens with one attached hydrogen (secondary N) is 6. The molecular formula is C64H79Gd2MnN14Na2O22. The van der Waals surface area contributed by atoms with Gasteiger partial charge in [-0.15, -0.1) is 0 Å². The van der Waals surface area contributed by atoms with Gasteiger partial charge in [0.15, 0.2) is 0 Å². The predicted octanol–water partition coefficient (Wildman–Crippen LogP) is -12.4. The largest absolute Gasteiger partial charge is 3.00 e. The van der Waals surface area contributed by atoms with Crippen LogP contribution in [0.4, 0.5) is 0 Å². The van der Waals surface area contributed by atoms with Crippen molar-refractivity contribution in [3.05, 3.63) is 69.3 Å². The Labute approximate surface area is 723 Å². The van der Waals surface area contributed by atoms with Gasteiger partial charge in [-0.1, -0.05) is 13.8 Å². The number of fused-ring (bicyclic) bond motifs is 8. The first-order chi connectivity index (χ1) is 47.0. The van der Waals surface area contributed by atoms with E-state index in [4.69, 9.17) is 19.9 Å². The first-order valence-electron chi connectivity index (χ1n) is 31.5. The summed E-state index contributed by atoms with van der Waals surface area (Å²) in [6.07, 6.45) is 0.934. The fraction of sp³-hybridized carbons (Fsp3) is 0.484. The third-order valence-electron chi connectivity index (χ3n) is 15.9.